The Morgan fingerprint density at radius 3 is 2.48 bits per heavy atom. The number of carbonyl (C=O) groups is 1. The highest BCUT2D eigenvalue weighted by Gasteiger charge is 2.14. The van der Waals surface area contributed by atoms with Crippen LogP contribution in [-0.4, -0.2) is 25.6 Å². The largest absolute Gasteiger partial charge is 0.348 e. The van der Waals surface area contributed by atoms with Gasteiger partial charge >= 0.3 is 0 Å². The molecule has 0 spiro atoms. The van der Waals surface area contributed by atoms with E-state index in [1.807, 2.05) is 12.1 Å². The van der Waals surface area contributed by atoms with Crippen LogP contribution in [-0.2, 0) is 26.8 Å². The Morgan fingerprint density at radius 2 is 1.93 bits per heavy atom. The third-order valence-electron chi connectivity index (χ3n) is 4.08. The molecule has 1 heterocycles. The van der Waals surface area contributed by atoms with Crippen LogP contribution in [0.15, 0.2) is 49.2 Å². The van der Waals surface area contributed by atoms with Gasteiger partial charge < -0.3 is 5.32 Å². The van der Waals surface area contributed by atoms with E-state index < -0.39 is 10.0 Å². The second-order valence-electron chi connectivity index (χ2n) is 7.78. The summed E-state index contributed by atoms with van der Waals surface area (Å²) in [4.78, 5) is 16.5. The van der Waals surface area contributed by atoms with Crippen LogP contribution in [0, 0.1) is 0 Å². The SMILES string of the molecule is C=Cc1cc(CNC(=O)/C=C/c2ccc(C(C)(C)C)nc2)ccc1NS(C)(=O)=O. The van der Waals surface area contributed by atoms with Crippen LogP contribution >= 0.6 is 0 Å². The average molecular weight is 414 g/mol. The van der Waals surface area contributed by atoms with Gasteiger partial charge in [0.1, 0.15) is 0 Å². The monoisotopic (exact) mass is 413 g/mol. The van der Waals surface area contributed by atoms with Crippen molar-refractivity contribution in [3.8, 4) is 0 Å². The number of rotatable bonds is 7. The normalized spacial score (nSPS) is 12.0. The standard InChI is InChI=1S/C22H27N3O3S/c1-6-18-13-17(7-10-19(18)25-29(5,27)28)15-24-21(26)12-9-16-8-11-20(23-14-16)22(2,3)4/h6-14,25H,1,15H2,2-5H3,(H,24,26)/b12-9+. The minimum Gasteiger partial charge on any atom is -0.348 e. The number of sulfonamides is 1. The molecule has 0 radical (unpaired) electrons. The lowest BCUT2D eigenvalue weighted by Crippen LogP contribution is -2.20. The minimum absolute atomic E-state index is 0.0176. The zero-order valence-electron chi connectivity index (χ0n) is 17.2. The number of nitrogens with one attached hydrogen (secondary N) is 2. The Kier molecular flexibility index (Phi) is 6.97. The fourth-order valence-electron chi connectivity index (χ4n) is 2.55. The molecule has 0 unspecified atom stereocenters. The lowest BCUT2D eigenvalue weighted by atomic mass is 9.91. The smallest absolute Gasteiger partial charge is 0.244 e. The Balaban J connectivity index is 1.98. The van der Waals surface area contributed by atoms with Crippen LogP contribution in [0.1, 0.15) is 43.2 Å². The Labute approximate surface area is 172 Å². The molecule has 2 N–H and O–H groups in total. The van der Waals surface area contributed by atoms with Crippen molar-refractivity contribution in [3.63, 3.8) is 0 Å². The summed E-state index contributed by atoms with van der Waals surface area (Å²) < 4.78 is 25.3. The predicted molar refractivity (Wildman–Crippen MR) is 119 cm³/mol. The molecule has 0 aliphatic heterocycles. The molecule has 0 saturated heterocycles. The van der Waals surface area contributed by atoms with Crippen LogP contribution in [0.2, 0.25) is 0 Å². The van der Waals surface area contributed by atoms with E-state index in [2.05, 4.69) is 42.4 Å². The van der Waals surface area contributed by atoms with Crippen LogP contribution in [0.25, 0.3) is 12.2 Å². The van der Waals surface area contributed by atoms with Gasteiger partial charge in [-0.3, -0.25) is 14.5 Å². The molecule has 0 aliphatic carbocycles. The molecule has 1 aromatic heterocycles. The summed E-state index contributed by atoms with van der Waals surface area (Å²) in [5.41, 5.74) is 3.74. The highest BCUT2D eigenvalue weighted by molar-refractivity contribution is 7.92. The first-order valence-electron chi connectivity index (χ1n) is 9.13. The van der Waals surface area contributed by atoms with Gasteiger partial charge in [0, 0.05) is 29.9 Å². The lowest BCUT2D eigenvalue weighted by molar-refractivity contribution is -0.116. The number of hydrogen-bond donors (Lipinski definition) is 2. The van der Waals surface area contributed by atoms with Crippen LogP contribution in [0.3, 0.4) is 0 Å². The van der Waals surface area contributed by atoms with E-state index in [9.17, 15) is 13.2 Å². The van der Waals surface area contributed by atoms with Crippen LogP contribution in [0.4, 0.5) is 5.69 Å². The van der Waals surface area contributed by atoms with Gasteiger partial charge in [0.15, 0.2) is 0 Å². The first kappa shape index (κ1) is 22.4. The van der Waals surface area contributed by atoms with E-state index in [1.165, 1.54) is 6.08 Å². The molecule has 1 amide bonds. The summed E-state index contributed by atoms with van der Waals surface area (Å²) in [6, 6.07) is 9.07. The van der Waals surface area contributed by atoms with Gasteiger partial charge in [-0.1, -0.05) is 45.6 Å². The Morgan fingerprint density at radius 1 is 1.21 bits per heavy atom. The van der Waals surface area contributed by atoms with Crippen LogP contribution < -0.4 is 10.0 Å². The zero-order valence-corrected chi connectivity index (χ0v) is 18.0. The number of amides is 1. The molecule has 2 aromatic rings. The molecule has 0 bridgehead atoms. The van der Waals surface area contributed by atoms with Crippen LogP contribution in [0.5, 0.6) is 0 Å². The third-order valence-corrected chi connectivity index (χ3v) is 4.67. The number of benzene rings is 1. The van der Waals surface area contributed by atoms with Crippen molar-refractivity contribution in [2.75, 3.05) is 11.0 Å². The zero-order chi connectivity index (χ0) is 21.7. The molecule has 29 heavy (non-hydrogen) atoms. The Bertz CT molecular complexity index is 1020. The van der Waals surface area contributed by atoms with E-state index in [4.69, 9.17) is 0 Å². The predicted octanol–water partition coefficient (Wildman–Crippen LogP) is 3.72. The fraction of sp³-hybridized carbons (Fsp3) is 0.273. The van der Waals surface area contributed by atoms with Crippen molar-refractivity contribution >= 4 is 33.8 Å². The second-order valence-corrected chi connectivity index (χ2v) is 9.53. The second kappa shape index (κ2) is 9.05. The summed E-state index contributed by atoms with van der Waals surface area (Å²) in [5.74, 6) is -0.233. The molecule has 1 aromatic carbocycles. The highest BCUT2D eigenvalue weighted by atomic mass is 32.2. The number of hydrogen-bond acceptors (Lipinski definition) is 4. The van der Waals surface area contributed by atoms with Gasteiger partial charge in [-0.2, -0.15) is 0 Å². The van der Waals surface area contributed by atoms with Gasteiger partial charge in [0.25, 0.3) is 0 Å². The Hall–Kier alpha value is -2.93. The molecular formula is C22H27N3O3S. The quantitative estimate of drug-likeness (QED) is 0.677. The van der Waals surface area contributed by atoms with Crippen molar-refractivity contribution < 1.29 is 13.2 Å². The summed E-state index contributed by atoms with van der Waals surface area (Å²) >= 11 is 0. The fourth-order valence-corrected chi connectivity index (χ4v) is 3.14. The van der Waals surface area contributed by atoms with Gasteiger partial charge in [0.05, 0.1) is 11.9 Å². The van der Waals surface area contributed by atoms with Gasteiger partial charge in [-0.15, -0.1) is 0 Å². The molecular weight excluding hydrogens is 386 g/mol. The lowest BCUT2D eigenvalue weighted by Gasteiger charge is -2.17. The molecule has 0 aliphatic rings. The molecule has 0 fully saturated rings. The third kappa shape index (κ3) is 7.19. The van der Waals surface area contributed by atoms with E-state index in [1.54, 1.807) is 36.5 Å². The van der Waals surface area contributed by atoms with E-state index in [0.717, 1.165) is 23.1 Å². The first-order valence-corrected chi connectivity index (χ1v) is 11.0. The summed E-state index contributed by atoms with van der Waals surface area (Å²) in [5, 5.41) is 2.80. The molecule has 0 atom stereocenters. The summed E-state index contributed by atoms with van der Waals surface area (Å²) in [6.07, 6.45) is 7.57. The summed E-state index contributed by atoms with van der Waals surface area (Å²) in [7, 11) is -3.37. The number of nitrogens with zero attached hydrogens (tertiary/aromatic N) is 1. The van der Waals surface area contributed by atoms with Crippen molar-refractivity contribution in [3.05, 3.63) is 71.6 Å². The number of aromatic nitrogens is 1. The average Bonchev–Trinajstić information content (AvgIpc) is 2.64. The van der Waals surface area contributed by atoms with Crippen molar-refractivity contribution in [2.24, 2.45) is 0 Å². The molecule has 7 heteroatoms. The maximum atomic E-state index is 12.1. The number of pyridine rings is 1. The minimum atomic E-state index is -3.37. The molecule has 2 rings (SSSR count). The van der Waals surface area contributed by atoms with Crippen molar-refractivity contribution in [2.45, 2.75) is 32.7 Å². The topological polar surface area (TPSA) is 88.2 Å². The molecule has 0 saturated carbocycles. The van der Waals surface area contributed by atoms with E-state index >= 15 is 0 Å². The first-order chi connectivity index (χ1) is 13.5. The molecule has 154 valence electrons. The number of carbonyl (C=O) groups excluding carboxylic acids is 1. The van der Waals surface area contributed by atoms with Crippen molar-refractivity contribution in [1.29, 1.82) is 0 Å². The van der Waals surface area contributed by atoms with Crippen molar-refractivity contribution in [1.82, 2.24) is 10.3 Å². The van der Waals surface area contributed by atoms with Gasteiger partial charge in [-0.25, -0.2) is 8.42 Å². The van der Waals surface area contributed by atoms with E-state index in [-0.39, 0.29) is 11.3 Å². The highest BCUT2D eigenvalue weighted by Crippen LogP contribution is 2.21. The summed E-state index contributed by atoms with van der Waals surface area (Å²) in [6.45, 7) is 10.3. The maximum Gasteiger partial charge on any atom is 0.244 e. The van der Waals surface area contributed by atoms with E-state index in [0.29, 0.717) is 17.8 Å². The molecule has 6 nitrogen and oxygen atoms in total. The number of anilines is 1. The maximum absolute atomic E-state index is 12.1. The van der Waals surface area contributed by atoms with Gasteiger partial charge in [0.2, 0.25) is 15.9 Å². The van der Waals surface area contributed by atoms with Gasteiger partial charge in [-0.05, 0) is 41.0 Å².